The normalized spacial score (nSPS) is 10.8. The molecule has 0 saturated carbocycles. The first-order chi connectivity index (χ1) is 7.06. The van der Waals surface area contributed by atoms with Crippen LogP contribution in [0.15, 0.2) is 18.2 Å². The summed E-state index contributed by atoms with van der Waals surface area (Å²) in [6.45, 7) is 5.12. The number of anilines is 1. The SMILES string of the molecule is CC(C)CN(C)c1c(F)cccc1CBr. The van der Waals surface area contributed by atoms with Crippen molar-refractivity contribution in [2.24, 2.45) is 5.92 Å². The molecule has 0 aliphatic carbocycles. The Morgan fingerprint density at radius 3 is 2.60 bits per heavy atom. The predicted octanol–water partition coefficient (Wildman–Crippen LogP) is 3.81. The topological polar surface area (TPSA) is 3.24 Å². The molecule has 84 valence electrons. The van der Waals surface area contributed by atoms with Crippen molar-refractivity contribution in [1.82, 2.24) is 0 Å². The fourth-order valence-corrected chi connectivity index (χ4v) is 2.19. The molecule has 0 amide bonds. The van der Waals surface area contributed by atoms with Gasteiger partial charge in [-0.05, 0) is 17.5 Å². The largest absolute Gasteiger partial charge is 0.372 e. The van der Waals surface area contributed by atoms with Crippen LogP contribution in [0.3, 0.4) is 0 Å². The summed E-state index contributed by atoms with van der Waals surface area (Å²) in [4.78, 5) is 1.98. The second-order valence-corrected chi connectivity index (χ2v) is 4.72. The summed E-state index contributed by atoms with van der Waals surface area (Å²) >= 11 is 3.38. The third kappa shape index (κ3) is 3.20. The molecule has 0 spiro atoms. The second kappa shape index (κ2) is 5.50. The molecule has 0 aliphatic heterocycles. The number of halogens is 2. The molecule has 0 N–H and O–H groups in total. The number of hydrogen-bond acceptors (Lipinski definition) is 1. The van der Waals surface area contributed by atoms with Crippen LogP contribution in [-0.4, -0.2) is 13.6 Å². The Morgan fingerprint density at radius 1 is 1.40 bits per heavy atom. The van der Waals surface area contributed by atoms with E-state index in [0.717, 1.165) is 12.1 Å². The van der Waals surface area contributed by atoms with E-state index in [-0.39, 0.29) is 5.82 Å². The van der Waals surface area contributed by atoms with E-state index in [1.807, 2.05) is 18.0 Å². The van der Waals surface area contributed by atoms with Gasteiger partial charge in [-0.25, -0.2) is 4.39 Å². The fourth-order valence-electron chi connectivity index (χ4n) is 1.73. The van der Waals surface area contributed by atoms with Crippen molar-refractivity contribution in [3.05, 3.63) is 29.6 Å². The van der Waals surface area contributed by atoms with Gasteiger partial charge in [0.2, 0.25) is 0 Å². The van der Waals surface area contributed by atoms with E-state index in [1.54, 1.807) is 6.07 Å². The van der Waals surface area contributed by atoms with Crippen LogP contribution in [0.1, 0.15) is 19.4 Å². The predicted molar refractivity (Wildman–Crippen MR) is 67.1 cm³/mol. The van der Waals surface area contributed by atoms with E-state index in [2.05, 4.69) is 29.8 Å². The zero-order chi connectivity index (χ0) is 11.4. The first-order valence-corrected chi connectivity index (χ1v) is 6.23. The minimum Gasteiger partial charge on any atom is -0.372 e. The molecular formula is C12H17BrFN. The third-order valence-corrected chi connectivity index (χ3v) is 2.84. The smallest absolute Gasteiger partial charge is 0.146 e. The Bertz CT molecular complexity index is 325. The van der Waals surface area contributed by atoms with Crippen LogP contribution in [-0.2, 0) is 5.33 Å². The molecule has 15 heavy (non-hydrogen) atoms. The number of hydrogen-bond donors (Lipinski definition) is 0. The molecule has 1 aromatic carbocycles. The highest BCUT2D eigenvalue weighted by atomic mass is 79.9. The summed E-state index contributed by atoms with van der Waals surface area (Å²) in [5.41, 5.74) is 1.71. The first kappa shape index (κ1) is 12.5. The fraction of sp³-hybridized carbons (Fsp3) is 0.500. The van der Waals surface area contributed by atoms with Crippen molar-refractivity contribution in [2.75, 3.05) is 18.5 Å². The lowest BCUT2D eigenvalue weighted by atomic mass is 10.1. The Hall–Kier alpha value is -0.570. The first-order valence-electron chi connectivity index (χ1n) is 5.10. The van der Waals surface area contributed by atoms with E-state index in [1.165, 1.54) is 6.07 Å². The molecule has 0 aromatic heterocycles. The van der Waals surface area contributed by atoms with Crippen LogP contribution >= 0.6 is 15.9 Å². The lowest BCUT2D eigenvalue weighted by Crippen LogP contribution is -2.24. The molecule has 0 bridgehead atoms. The minimum absolute atomic E-state index is 0.143. The lowest BCUT2D eigenvalue weighted by molar-refractivity contribution is 0.598. The highest BCUT2D eigenvalue weighted by molar-refractivity contribution is 9.08. The minimum atomic E-state index is -0.143. The molecule has 1 aromatic rings. The highest BCUT2D eigenvalue weighted by Crippen LogP contribution is 2.25. The third-order valence-electron chi connectivity index (χ3n) is 2.24. The Morgan fingerprint density at radius 2 is 2.07 bits per heavy atom. The zero-order valence-corrected chi connectivity index (χ0v) is 11.0. The Balaban J connectivity index is 3.00. The number of alkyl halides is 1. The molecular weight excluding hydrogens is 257 g/mol. The van der Waals surface area contributed by atoms with Crippen molar-refractivity contribution in [1.29, 1.82) is 0 Å². The molecule has 0 saturated heterocycles. The Labute approximate surface area is 99.4 Å². The van der Waals surface area contributed by atoms with Gasteiger partial charge < -0.3 is 4.90 Å². The van der Waals surface area contributed by atoms with Crippen LogP contribution in [0.25, 0.3) is 0 Å². The number of rotatable bonds is 4. The summed E-state index contributed by atoms with van der Waals surface area (Å²) in [7, 11) is 1.94. The highest BCUT2D eigenvalue weighted by Gasteiger charge is 2.12. The summed E-state index contributed by atoms with van der Waals surface area (Å²) in [5, 5.41) is 0.683. The lowest BCUT2D eigenvalue weighted by Gasteiger charge is -2.24. The van der Waals surface area contributed by atoms with Crippen LogP contribution in [0, 0.1) is 11.7 Å². The van der Waals surface area contributed by atoms with Gasteiger partial charge in [0, 0.05) is 18.9 Å². The maximum atomic E-state index is 13.7. The van der Waals surface area contributed by atoms with Crippen molar-refractivity contribution in [2.45, 2.75) is 19.2 Å². The number of nitrogens with zero attached hydrogens (tertiary/aromatic N) is 1. The van der Waals surface area contributed by atoms with Gasteiger partial charge in [-0.2, -0.15) is 0 Å². The van der Waals surface area contributed by atoms with Gasteiger partial charge in [0.15, 0.2) is 0 Å². The van der Waals surface area contributed by atoms with E-state index < -0.39 is 0 Å². The van der Waals surface area contributed by atoms with Gasteiger partial charge in [0.1, 0.15) is 5.82 Å². The average molecular weight is 274 g/mol. The van der Waals surface area contributed by atoms with Gasteiger partial charge in [-0.15, -0.1) is 0 Å². The van der Waals surface area contributed by atoms with E-state index in [9.17, 15) is 4.39 Å². The molecule has 0 atom stereocenters. The number of benzene rings is 1. The van der Waals surface area contributed by atoms with Crippen LogP contribution in [0.2, 0.25) is 0 Å². The van der Waals surface area contributed by atoms with Gasteiger partial charge in [-0.3, -0.25) is 0 Å². The number of para-hydroxylation sites is 1. The molecule has 0 fully saturated rings. The van der Waals surface area contributed by atoms with Crippen LogP contribution in [0.5, 0.6) is 0 Å². The maximum Gasteiger partial charge on any atom is 0.146 e. The monoisotopic (exact) mass is 273 g/mol. The van der Waals surface area contributed by atoms with E-state index in [4.69, 9.17) is 0 Å². The van der Waals surface area contributed by atoms with Gasteiger partial charge >= 0.3 is 0 Å². The maximum absolute atomic E-state index is 13.7. The summed E-state index contributed by atoms with van der Waals surface area (Å²) < 4.78 is 13.7. The van der Waals surface area contributed by atoms with Crippen LogP contribution < -0.4 is 4.90 Å². The molecule has 0 heterocycles. The zero-order valence-electron chi connectivity index (χ0n) is 9.43. The van der Waals surface area contributed by atoms with Gasteiger partial charge in [-0.1, -0.05) is 41.9 Å². The van der Waals surface area contributed by atoms with Gasteiger partial charge in [0.05, 0.1) is 5.69 Å². The van der Waals surface area contributed by atoms with Crippen molar-refractivity contribution in [3.8, 4) is 0 Å². The molecule has 1 nitrogen and oxygen atoms in total. The standard InChI is InChI=1S/C12H17BrFN/c1-9(2)8-15(3)12-10(7-13)5-4-6-11(12)14/h4-6,9H,7-8H2,1-3H3. The van der Waals surface area contributed by atoms with Gasteiger partial charge in [0.25, 0.3) is 0 Å². The summed E-state index contributed by atoms with van der Waals surface area (Å²) in [6.07, 6.45) is 0. The van der Waals surface area contributed by atoms with Crippen molar-refractivity contribution < 1.29 is 4.39 Å². The summed E-state index contributed by atoms with van der Waals surface area (Å²) in [5.74, 6) is 0.382. The van der Waals surface area contributed by atoms with Crippen LogP contribution in [0.4, 0.5) is 10.1 Å². The van der Waals surface area contributed by atoms with E-state index >= 15 is 0 Å². The van der Waals surface area contributed by atoms with E-state index in [0.29, 0.717) is 16.9 Å². The summed E-state index contributed by atoms with van der Waals surface area (Å²) in [6, 6.07) is 5.21. The van der Waals surface area contributed by atoms with Crippen molar-refractivity contribution >= 4 is 21.6 Å². The quantitative estimate of drug-likeness (QED) is 0.754. The van der Waals surface area contributed by atoms with Crippen molar-refractivity contribution in [3.63, 3.8) is 0 Å². The Kier molecular flexibility index (Phi) is 4.58. The average Bonchev–Trinajstić information content (AvgIpc) is 2.15. The molecule has 0 unspecified atom stereocenters. The molecule has 0 radical (unpaired) electrons. The molecule has 1 rings (SSSR count). The molecule has 0 aliphatic rings. The molecule has 3 heteroatoms. The second-order valence-electron chi connectivity index (χ2n) is 4.16.